The number of likely N-dealkylation sites (tertiary alicyclic amines) is 1. The van der Waals surface area contributed by atoms with E-state index in [1.165, 1.54) is 11.2 Å². The summed E-state index contributed by atoms with van der Waals surface area (Å²) in [6.07, 6.45) is 1.61. The molecule has 0 radical (unpaired) electrons. The van der Waals surface area contributed by atoms with Crippen LogP contribution in [-0.2, 0) is 21.4 Å². The Morgan fingerprint density at radius 3 is 2.80 bits per heavy atom. The lowest BCUT2D eigenvalue weighted by Crippen LogP contribution is -2.34. The molecular weight excluding hydrogens is 289 g/mol. The smallest absolute Gasteiger partial charge is 0.307 e. The van der Waals surface area contributed by atoms with Crippen molar-refractivity contribution in [3.63, 3.8) is 0 Å². The van der Waals surface area contributed by atoms with Gasteiger partial charge in [-0.3, -0.25) is 4.79 Å². The van der Waals surface area contributed by atoms with E-state index in [2.05, 4.69) is 0 Å². The molecule has 0 spiro atoms. The zero-order chi connectivity index (χ0) is 14.8. The fraction of sp³-hybridized carbons (Fsp3) is 0.583. The van der Waals surface area contributed by atoms with Crippen LogP contribution >= 0.6 is 0 Å². The highest BCUT2D eigenvalue weighted by molar-refractivity contribution is 7.87. The maximum Gasteiger partial charge on any atom is 0.307 e. The van der Waals surface area contributed by atoms with Gasteiger partial charge < -0.3 is 14.4 Å². The van der Waals surface area contributed by atoms with Crippen molar-refractivity contribution in [1.29, 1.82) is 0 Å². The molecule has 1 amide bonds. The molecule has 2 unspecified atom stereocenters. The summed E-state index contributed by atoms with van der Waals surface area (Å²) < 4.78 is 39.7. The van der Waals surface area contributed by atoms with Crippen molar-refractivity contribution < 1.29 is 26.6 Å². The van der Waals surface area contributed by atoms with Gasteiger partial charge in [-0.25, -0.2) is 0 Å². The van der Waals surface area contributed by atoms with Crippen LogP contribution in [0.5, 0.6) is 0 Å². The first-order valence-electron chi connectivity index (χ1n) is 6.24. The van der Waals surface area contributed by atoms with Crippen molar-refractivity contribution in [2.24, 2.45) is 5.92 Å². The molecular formula is C12H16FNO5S. The standard InChI is InChI=1S/C12H16FNO5S/c13-20(17,18)11-5-12(16)14(7-11)6-9(8-15)4-10-2-1-3-19-10/h1-3,9,11,15H,4-8H2. The average molecular weight is 305 g/mol. The quantitative estimate of drug-likeness (QED) is 0.765. The highest BCUT2D eigenvalue weighted by Gasteiger charge is 2.38. The summed E-state index contributed by atoms with van der Waals surface area (Å²) in [6.45, 7) is -0.147. The van der Waals surface area contributed by atoms with E-state index in [0.29, 0.717) is 12.2 Å². The molecule has 1 aliphatic rings. The molecule has 1 aromatic heterocycles. The summed E-state index contributed by atoms with van der Waals surface area (Å²) in [4.78, 5) is 13.0. The zero-order valence-corrected chi connectivity index (χ0v) is 11.6. The highest BCUT2D eigenvalue weighted by atomic mass is 32.3. The summed E-state index contributed by atoms with van der Waals surface area (Å²) in [6, 6.07) is 3.47. The van der Waals surface area contributed by atoms with Crippen molar-refractivity contribution in [3.05, 3.63) is 24.2 Å². The predicted molar refractivity (Wildman–Crippen MR) is 68.0 cm³/mol. The van der Waals surface area contributed by atoms with Crippen molar-refractivity contribution in [2.45, 2.75) is 18.1 Å². The van der Waals surface area contributed by atoms with Gasteiger partial charge in [0, 0.05) is 38.5 Å². The number of nitrogens with zero attached hydrogens (tertiary/aromatic N) is 1. The minimum absolute atomic E-state index is 0.160. The number of amides is 1. The number of carbonyl (C=O) groups is 1. The molecule has 0 aliphatic carbocycles. The Balaban J connectivity index is 1.96. The fourth-order valence-corrected chi connectivity index (χ4v) is 3.01. The Morgan fingerprint density at radius 2 is 2.30 bits per heavy atom. The molecule has 1 N–H and O–H groups in total. The lowest BCUT2D eigenvalue weighted by Gasteiger charge is -2.21. The molecule has 1 aromatic rings. The number of carbonyl (C=O) groups excluding carboxylic acids is 1. The first-order chi connectivity index (χ1) is 9.40. The van der Waals surface area contributed by atoms with Crippen molar-refractivity contribution in [2.75, 3.05) is 19.7 Å². The molecule has 0 bridgehead atoms. The number of aliphatic hydroxyl groups excluding tert-OH is 1. The lowest BCUT2D eigenvalue weighted by molar-refractivity contribution is -0.128. The maximum absolute atomic E-state index is 12.9. The number of halogens is 1. The van der Waals surface area contributed by atoms with Gasteiger partial charge in [-0.15, -0.1) is 3.89 Å². The molecule has 0 aromatic carbocycles. The molecule has 1 saturated heterocycles. The van der Waals surface area contributed by atoms with Crippen LogP contribution in [0.4, 0.5) is 3.89 Å². The van der Waals surface area contributed by atoms with E-state index in [9.17, 15) is 22.2 Å². The third kappa shape index (κ3) is 3.57. The van der Waals surface area contributed by atoms with Gasteiger partial charge >= 0.3 is 10.2 Å². The molecule has 6 nitrogen and oxygen atoms in total. The third-order valence-corrected chi connectivity index (χ3v) is 4.50. The second kappa shape index (κ2) is 5.92. The van der Waals surface area contributed by atoms with Crippen LogP contribution in [-0.4, -0.2) is 49.3 Å². The summed E-state index contributed by atoms with van der Waals surface area (Å²) in [7, 11) is -4.70. The second-order valence-corrected chi connectivity index (χ2v) is 6.55. The third-order valence-electron chi connectivity index (χ3n) is 3.38. The van der Waals surface area contributed by atoms with Crippen molar-refractivity contribution >= 4 is 16.1 Å². The van der Waals surface area contributed by atoms with Crippen LogP contribution in [0.1, 0.15) is 12.2 Å². The van der Waals surface area contributed by atoms with E-state index in [1.54, 1.807) is 12.1 Å². The van der Waals surface area contributed by atoms with Gasteiger partial charge in [-0.05, 0) is 12.1 Å². The molecule has 0 saturated carbocycles. The fourth-order valence-electron chi connectivity index (χ4n) is 2.31. The van der Waals surface area contributed by atoms with Crippen molar-refractivity contribution in [3.8, 4) is 0 Å². The molecule has 1 aliphatic heterocycles. The Bertz CT molecular complexity index is 556. The van der Waals surface area contributed by atoms with E-state index in [4.69, 9.17) is 4.42 Å². The first-order valence-corrected chi connectivity index (χ1v) is 7.69. The second-order valence-electron chi connectivity index (χ2n) is 4.93. The Labute approximate surface area is 116 Å². The van der Waals surface area contributed by atoms with Crippen LogP contribution in [0.25, 0.3) is 0 Å². The molecule has 2 heterocycles. The SMILES string of the molecule is O=C1CC(S(=O)(=O)F)CN1CC(CO)Cc1ccco1. The number of hydrogen-bond donors (Lipinski definition) is 1. The monoisotopic (exact) mass is 305 g/mol. The molecule has 2 rings (SSSR count). The molecule has 8 heteroatoms. The Kier molecular flexibility index (Phi) is 4.44. The van der Waals surface area contributed by atoms with E-state index in [0.717, 1.165) is 0 Å². The lowest BCUT2D eigenvalue weighted by atomic mass is 10.0. The van der Waals surface area contributed by atoms with Crippen LogP contribution in [0, 0.1) is 5.92 Å². The number of furan rings is 1. The number of hydrogen-bond acceptors (Lipinski definition) is 5. The van der Waals surface area contributed by atoms with Crippen LogP contribution in [0.15, 0.2) is 22.8 Å². The van der Waals surface area contributed by atoms with Gasteiger partial charge in [-0.1, -0.05) is 0 Å². The van der Waals surface area contributed by atoms with E-state index >= 15 is 0 Å². The molecule has 2 atom stereocenters. The Hall–Kier alpha value is -1.41. The summed E-state index contributed by atoms with van der Waals surface area (Å²) in [5.74, 6) is -0.00866. The highest BCUT2D eigenvalue weighted by Crippen LogP contribution is 2.21. The normalized spacial score (nSPS) is 21.4. The summed E-state index contributed by atoms with van der Waals surface area (Å²) in [5.41, 5.74) is 0. The van der Waals surface area contributed by atoms with Gasteiger partial charge in [0.1, 0.15) is 11.0 Å². The van der Waals surface area contributed by atoms with E-state index in [-0.39, 0.29) is 32.0 Å². The molecule has 112 valence electrons. The predicted octanol–water partition coefficient (Wildman–Crippen LogP) is 0.331. The first kappa shape index (κ1) is 15.0. The van der Waals surface area contributed by atoms with Crippen LogP contribution < -0.4 is 0 Å². The van der Waals surface area contributed by atoms with Crippen LogP contribution in [0.2, 0.25) is 0 Å². The van der Waals surface area contributed by atoms with Gasteiger partial charge in [0.25, 0.3) is 0 Å². The van der Waals surface area contributed by atoms with Gasteiger partial charge in [0.2, 0.25) is 5.91 Å². The van der Waals surface area contributed by atoms with Gasteiger partial charge in [0.15, 0.2) is 0 Å². The summed E-state index contributed by atoms with van der Waals surface area (Å²) in [5, 5.41) is 8.03. The minimum atomic E-state index is -4.70. The minimum Gasteiger partial charge on any atom is -0.469 e. The number of rotatable bonds is 6. The zero-order valence-electron chi connectivity index (χ0n) is 10.7. The van der Waals surface area contributed by atoms with Crippen LogP contribution in [0.3, 0.4) is 0 Å². The van der Waals surface area contributed by atoms with Crippen molar-refractivity contribution in [1.82, 2.24) is 4.90 Å². The molecule has 20 heavy (non-hydrogen) atoms. The summed E-state index contributed by atoms with van der Waals surface area (Å²) >= 11 is 0. The van der Waals surface area contributed by atoms with E-state index < -0.39 is 21.4 Å². The topological polar surface area (TPSA) is 87.8 Å². The van der Waals surface area contributed by atoms with Gasteiger partial charge in [-0.2, -0.15) is 8.42 Å². The number of aliphatic hydroxyl groups is 1. The molecule has 1 fully saturated rings. The van der Waals surface area contributed by atoms with Gasteiger partial charge in [0.05, 0.1) is 6.26 Å². The average Bonchev–Trinajstić information content (AvgIpc) is 2.98. The largest absolute Gasteiger partial charge is 0.469 e. The van der Waals surface area contributed by atoms with E-state index in [1.807, 2.05) is 0 Å². The maximum atomic E-state index is 12.9. The Morgan fingerprint density at radius 1 is 1.55 bits per heavy atom.